The van der Waals surface area contributed by atoms with Gasteiger partial charge < -0.3 is 5.32 Å². The molecule has 1 N–H and O–H groups in total. The predicted molar refractivity (Wildman–Crippen MR) is 55.5 cm³/mol. The molecule has 0 bridgehead atoms. The fraction of sp³-hybridized carbons (Fsp3) is 0.273. The lowest BCUT2D eigenvalue weighted by Gasteiger charge is -2.02. The van der Waals surface area contributed by atoms with E-state index in [2.05, 4.69) is 22.1 Å². The molecule has 0 aromatic carbocycles. The highest BCUT2D eigenvalue weighted by Gasteiger charge is 1.93. The molecule has 0 aliphatic rings. The number of aromatic nitrogens is 1. The first-order chi connectivity index (χ1) is 6.86. The predicted octanol–water partition coefficient (Wildman–Crippen LogP) is 1.78. The van der Waals surface area contributed by atoms with Gasteiger partial charge in [0.2, 0.25) is 0 Å². The maximum absolute atomic E-state index is 8.61. The smallest absolute Gasteiger partial charge is 0.142 e. The molecule has 14 heavy (non-hydrogen) atoms. The standard InChI is InChI=1S/C11H11N3/c1-2-3-4-6-13-10-5-7-14-11(8-10)9-12/h5,7-8H,4,6H2,1H3,(H,13,14). The van der Waals surface area contributed by atoms with Crippen LogP contribution in [0.5, 0.6) is 0 Å². The molecule has 0 aliphatic heterocycles. The molecule has 0 saturated carbocycles. The van der Waals surface area contributed by atoms with Crippen molar-refractivity contribution in [2.24, 2.45) is 0 Å². The van der Waals surface area contributed by atoms with Gasteiger partial charge in [-0.1, -0.05) is 0 Å². The highest BCUT2D eigenvalue weighted by molar-refractivity contribution is 5.45. The summed E-state index contributed by atoms with van der Waals surface area (Å²) >= 11 is 0. The van der Waals surface area contributed by atoms with Crippen LogP contribution in [0.3, 0.4) is 0 Å². The molecule has 3 heteroatoms. The van der Waals surface area contributed by atoms with E-state index in [1.807, 2.05) is 19.1 Å². The Morgan fingerprint density at radius 3 is 3.14 bits per heavy atom. The number of hydrogen-bond donors (Lipinski definition) is 1. The molecule has 0 aliphatic carbocycles. The summed E-state index contributed by atoms with van der Waals surface area (Å²) in [6.45, 7) is 2.61. The van der Waals surface area contributed by atoms with Gasteiger partial charge in [-0.2, -0.15) is 5.26 Å². The molecule has 1 heterocycles. The Balaban J connectivity index is 2.50. The van der Waals surface area contributed by atoms with E-state index in [1.165, 1.54) is 0 Å². The van der Waals surface area contributed by atoms with Crippen molar-refractivity contribution in [3.8, 4) is 17.9 Å². The van der Waals surface area contributed by atoms with Crippen LogP contribution in [0.1, 0.15) is 19.0 Å². The van der Waals surface area contributed by atoms with Crippen LogP contribution >= 0.6 is 0 Å². The summed E-state index contributed by atoms with van der Waals surface area (Å²) in [5, 5.41) is 11.8. The maximum atomic E-state index is 8.61. The molecule has 1 aromatic rings. The minimum atomic E-state index is 0.427. The fourth-order valence-electron chi connectivity index (χ4n) is 0.996. The summed E-state index contributed by atoms with van der Waals surface area (Å²) in [5.41, 5.74) is 1.34. The van der Waals surface area contributed by atoms with Gasteiger partial charge in [0.1, 0.15) is 11.8 Å². The van der Waals surface area contributed by atoms with Crippen molar-refractivity contribution < 1.29 is 0 Å². The average Bonchev–Trinajstić information content (AvgIpc) is 2.25. The van der Waals surface area contributed by atoms with E-state index in [0.717, 1.165) is 18.7 Å². The van der Waals surface area contributed by atoms with Crippen LogP contribution in [0.15, 0.2) is 18.3 Å². The summed E-state index contributed by atoms with van der Waals surface area (Å²) in [6.07, 6.45) is 2.42. The number of anilines is 1. The number of rotatable bonds is 3. The van der Waals surface area contributed by atoms with Gasteiger partial charge in [0.05, 0.1) is 0 Å². The Morgan fingerprint density at radius 2 is 2.43 bits per heavy atom. The second kappa shape index (κ2) is 5.61. The molecule has 0 spiro atoms. The zero-order valence-electron chi connectivity index (χ0n) is 8.04. The lowest BCUT2D eigenvalue weighted by Crippen LogP contribution is -2.00. The minimum Gasteiger partial charge on any atom is -0.384 e. The van der Waals surface area contributed by atoms with Crippen molar-refractivity contribution in [3.63, 3.8) is 0 Å². The minimum absolute atomic E-state index is 0.427. The fourth-order valence-corrected chi connectivity index (χ4v) is 0.996. The van der Waals surface area contributed by atoms with Gasteiger partial charge in [0, 0.05) is 24.8 Å². The number of hydrogen-bond acceptors (Lipinski definition) is 3. The normalized spacial score (nSPS) is 8.29. The maximum Gasteiger partial charge on any atom is 0.142 e. The molecular weight excluding hydrogens is 174 g/mol. The van der Waals surface area contributed by atoms with Gasteiger partial charge in [0.15, 0.2) is 0 Å². The third-order valence-electron chi connectivity index (χ3n) is 1.63. The van der Waals surface area contributed by atoms with E-state index < -0.39 is 0 Å². The van der Waals surface area contributed by atoms with Gasteiger partial charge in [-0.3, -0.25) is 0 Å². The molecule has 3 nitrogen and oxygen atoms in total. The van der Waals surface area contributed by atoms with Crippen LogP contribution in [0.4, 0.5) is 5.69 Å². The Morgan fingerprint density at radius 1 is 1.57 bits per heavy atom. The molecular formula is C11H11N3. The van der Waals surface area contributed by atoms with Crippen LogP contribution < -0.4 is 5.32 Å². The number of nitriles is 1. The van der Waals surface area contributed by atoms with Crippen LogP contribution in [0, 0.1) is 23.2 Å². The lowest BCUT2D eigenvalue weighted by molar-refractivity contribution is 1.09. The first-order valence-corrected chi connectivity index (χ1v) is 4.36. The van der Waals surface area contributed by atoms with E-state index in [-0.39, 0.29) is 0 Å². The monoisotopic (exact) mass is 185 g/mol. The van der Waals surface area contributed by atoms with Crippen molar-refractivity contribution >= 4 is 5.69 Å². The highest BCUT2D eigenvalue weighted by atomic mass is 14.9. The first kappa shape index (κ1) is 10.1. The van der Waals surface area contributed by atoms with Crippen LogP contribution in [0.25, 0.3) is 0 Å². The second-order valence-corrected chi connectivity index (χ2v) is 2.65. The van der Waals surface area contributed by atoms with E-state index in [1.54, 1.807) is 12.3 Å². The lowest BCUT2D eigenvalue weighted by atomic mass is 10.3. The number of nitrogens with zero attached hydrogens (tertiary/aromatic N) is 2. The summed E-state index contributed by atoms with van der Waals surface area (Å²) in [7, 11) is 0. The number of pyridine rings is 1. The molecule has 0 atom stereocenters. The van der Waals surface area contributed by atoms with E-state index in [4.69, 9.17) is 5.26 Å². The topological polar surface area (TPSA) is 48.7 Å². The SMILES string of the molecule is CC#CCCNc1ccnc(C#N)c1. The third-order valence-corrected chi connectivity index (χ3v) is 1.63. The zero-order valence-corrected chi connectivity index (χ0v) is 8.04. The Hall–Kier alpha value is -2.00. The molecule has 0 unspecified atom stereocenters. The van der Waals surface area contributed by atoms with Gasteiger partial charge in [0.25, 0.3) is 0 Å². The summed E-state index contributed by atoms with van der Waals surface area (Å²) in [4.78, 5) is 3.87. The first-order valence-electron chi connectivity index (χ1n) is 4.36. The van der Waals surface area contributed by atoms with Gasteiger partial charge in [-0.15, -0.1) is 11.8 Å². The molecule has 0 amide bonds. The zero-order chi connectivity index (χ0) is 10.2. The Kier molecular flexibility index (Phi) is 4.04. The second-order valence-electron chi connectivity index (χ2n) is 2.65. The molecule has 1 aromatic heterocycles. The van der Waals surface area contributed by atoms with E-state index in [9.17, 15) is 0 Å². The van der Waals surface area contributed by atoms with Crippen LogP contribution in [0.2, 0.25) is 0 Å². The summed E-state index contributed by atoms with van der Waals surface area (Å²) in [6, 6.07) is 5.54. The van der Waals surface area contributed by atoms with Gasteiger partial charge in [-0.05, 0) is 19.1 Å². The summed E-state index contributed by atoms with van der Waals surface area (Å²) < 4.78 is 0. The van der Waals surface area contributed by atoms with E-state index >= 15 is 0 Å². The summed E-state index contributed by atoms with van der Waals surface area (Å²) in [5.74, 6) is 5.78. The quantitative estimate of drug-likeness (QED) is 0.576. The molecule has 0 saturated heterocycles. The Labute approximate surface area is 83.8 Å². The van der Waals surface area contributed by atoms with Crippen molar-refractivity contribution in [3.05, 3.63) is 24.0 Å². The van der Waals surface area contributed by atoms with Gasteiger partial charge >= 0.3 is 0 Å². The highest BCUT2D eigenvalue weighted by Crippen LogP contribution is 2.06. The molecule has 0 fully saturated rings. The van der Waals surface area contributed by atoms with Crippen molar-refractivity contribution in [2.45, 2.75) is 13.3 Å². The Bertz CT molecular complexity index is 393. The third kappa shape index (κ3) is 3.16. The van der Waals surface area contributed by atoms with Crippen molar-refractivity contribution in [1.29, 1.82) is 5.26 Å². The van der Waals surface area contributed by atoms with Crippen LogP contribution in [-0.2, 0) is 0 Å². The molecule has 1 rings (SSSR count). The molecule has 70 valence electrons. The molecule has 0 radical (unpaired) electrons. The average molecular weight is 185 g/mol. The van der Waals surface area contributed by atoms with Crippen molar-refractivity contribution in [1.82, 2.24) is 4.98 Å². The number of nitrogens with one attached hydrogen (secondary N) is 1. The van der Waals surface area contributed by atoms with Gasteiger partial charge in [-0.25, -0.2) is 4.98 Å². The largest absolute Gasteiger partial charge is 0.384 e. The van der Waals surface area contributed by atoms with Crippen LogP contribution in [-0.4, -0.2) is 11.5 Å². The van der Waals surface area contributed by atoms with Crippen molar-refractivity contribution in [2.75, 3.05) is 11.9 Å². The van der Waals surface area contributed by atoms with E-state index in [0.29, 0.717) is 5.69 Å².